The number of methoxy groups -OCH3 is 1. The van der Waals surface area contributed by atoms with E-state index in [4.69, 9.17) is 4.74 Å². The lowest BCUT2D eigenvalue weighted by Crippen LogP contribution is -2.53. The van der Waals surface area contributed by atoms with Crippen molar-refractivity contribution in [1.82, 2.24) is 14.7 Å². The molecule has 1 amide bonds. The fraction of sp³-hybridized carbons (Fsp3) is 0.632. The zero-order valence-electron chi connectivity index (χ0n) is 15.5. The monoisotopic (exact) mass is 346 g/mol. The highest BCUT2D eigenvalue weighted by molar-refractivity contribution is 5.78. The summed E-state index contributed by atoms with van der Waals surface area (Å²) in [6.45, 7) is 11.4. The molecule has 2 aliphatic rings. The summed E-state index contributed by atoms with van der Waals surface area (Å²) in [6, 6.07) is 8.15. The van der Waals surface area contributed by atoms with E-state index in [1.165, 1.54) is 5.69 Å². The van der Waals surface area contributed by atoms with Crippen molar-refractivity contribution in [3.8, 4) is 5.75 Å². The van der Waals surface area contributed by atoms with Crippen LogP contribution in [0.2, 0.25) is 0 Å². The van der Waals surface area contributed by atoms with Crippen LogP contribution >= 0.6 is 0 Å². The van der Waals surface area contributed by atoms with Gasteiger partial charge in [0.25, 0.3) is 0 Å². The Hall–Kier alpha value is -1.79. The van der Waals surface area contributed by atoms with E-state index in [1.807, 2.05) is 17.0 Å². The minimum atomic E-state index is 0.277. The predicted octanol–water partition coefficient (Wildman–Crippen LogP) is 0.981. The Morgan fingerprint density at radius 1 is 0.920 bits per heavy atom. The molecule has 0 aliphatic carbocycles. The number of amides is 1. The maximum absolute atomic E-state index is 12.6. The van der Waals surface area contributed by atoms with E-state index in [9.17, 15) is 4.79 Å². The van der Waals surface area contributed by atoms with Crippen LogP contribution in [-0.4, -0.2) is 93.2 Å². The van der Waals surface area contributed by atoms with Crippen LogP contribution in [-0.2, 0) is 4.79 Å². The largest absolute Gasteiger partial charge is 0.497 e. The lowest BCUT2D eigenvalue weighted by molar-refractivity contribution is -0.133. The van der Waals surface area contributed by atoms with Crippen molar-refractivity contribution < 1.29 is 9.53 Å². The van der Waals surface area contributed by atoms with Crippen molar-refractivity contribution in [3.63, 3.8) is 0 Å². The fourth-order valence-electron chi connectivity index (χ4n) is 3.56. The van der Waals surface area contributed by atoms with Gasteiger partial charge in [0.1, 0.15) is 5.75 Å². The highest BCUT2D eigenvalue weighted by Gasteiger charge is 2.24. The van der Waals surface area contributed by atoms with Crippen LogP contribution in [0, 0.1) is 0 Å². The summed E-state index contributed by atoms with van der Waals surface area (Å²) in [6.07, 6.45) is 0. The minimum Gasteiger partial charge on any atom is -0.497 e. The van der Waals surface area contributed by atoms with Gasteiger partial charge in [-0.05, 0) is 30.8 Å². The van der Waals surface area contributed by atoms with E-state index >= 15 is 0 Å². The Morgan fingerprint density at radius 2 is 1.52 bits per heavy atom. The molecule has 6 nitrogen and oxygen atoms in total. The molecular weight excluding hydrogens is 316 g/mol. The molecule has 0 N–H and O–H groups in total. The summed E-state index contributed by atoms with van der Waals surface area (Å²) >= 11 is 0. The second-order valence-corrected chi connectivity index (χ2v) is 6.78. The van der Waals surface area contributed by atoms with Gasteiger partial charge in [-0.25, -0.2) is 0 Å². The smallest absolute Gasteiger partial charge is 0.236 e. The van der Waals surface area contributed by atoms with Gasteiger partial charge in [0.2, 0.25) is 5.91 Å². The number of rotatable bonds is 5. The number of benzene rings is 1. The third-order valence-electron chi connectivity index (χ3n) is 5.34. The third kappa shape index (κ3) is 4.64. The number of piperazine rings is 2. The molecule has 1 aromatic rings. The van der Waals surface area contributed by atoms with Crippen LogP contribution in [0.5, 0.6) is 5.75 Å². The highest BCUT2D eigenvalue weighted by Crippen LogP contribution is 2.20. The van der Waals surface area contributed by atoms with Gasteiger partial charge in [0.05, 0.1) is 13.7 Å². The predicted molar refractivity (Wildman–Crippen MR) is 100 cm³/mol. The maximum atomic E-state index is 12.6. The van der Waals surface area contributed by atoms with E-state index in [1.54, 1.807) is 7.11 Å². The van der Waals surface area contributed by atoms with Crippen molar-refractivity contribution >= 4 is 11.6 Å². The molecule has 0 saturated carbocycles. The molecule has 6 heteroatoms. The normalized spacial score (nSPS) is 19.9. The van der Waals surface area contributed by atoms with E-state index in [-0.39, 0.29) is 5.91 Å². The summed E-state index contributed by atoms with van der Waals surface area (Å²) in [4.78, 5) is 21.7. The van der Waals surface area contributed by atoms with Crippen molar-refractivity contribution in [2.24, 2.45) is 0 Å². The zero-order valence-corrected chi connectivity index (χ0v) is 15.5. The molecule has 0 atom stereocenters. The number of carbonyl (C=O) groups excluding carboxylic acids is 1. The molecule has 2 fully saturated rings. The molecule has 2 saturated heterocycles. The Bertz CT molecular complexity index is 547. The quantitative estimate of drug-likeness (QED) is 0.795. The summed E-state index contributed by atoms with van der Waals surface area (Å²) in [7, 11) is 1.68. The summed E-state index contributed by atoms with van der Waals surface area (Å²) in [5.74, 6) is 1.15. The standard InChI is InChI=1S/C19H30N4O2/c1-3-20-8-10-21(11-9-20)16-19(24)23-14-12-22(13-15-23)17-4-6-18(25-2)7-5-17/h4-7H,3,8-16H2,1-2H3. The van der Waals surface area contributed by atoms with Gasteiger partial charge in [0, 0.05) is 58.0 Å². The first-order valence-corrected chi connectivity index (χ1v) is 9.31. The number of ether oxygens (including phenoxy) is 1. The zero-order chi connectivity index (χ0) is 17.6. The van der Waals surface area contributed by atoms with Gasteiger partial charge in [0.15, 0.2) is 0 Å². The van der Waals surface area contributed by atoms with Crippen molar-refractivity contribution in [1.29, 1.82) is 0 Å². The Balaban J connectivity index is 1.44. The number of anilines is 1. The molecule has 1 aromatic carbocycles. The van der Waals surface area contributed by atoms with Gasteiger partial charge in [-0.2, -0.15) is 0 Å². The summed E-state index contributed by atoms with van der Waals surface area (Å²) in [5, 5.41) is 0. The van der Waals surface area contributed by atoms with Crippen molar-refractivity contribution in [2.45, 2.75) is 6.92 Å². The van der Waals surface area contributed by atoms with Gasteiger partial charge in [-0.15, -0.1) is 0 Å². The highest BCUT2D eigenvalue weighted by atomic mass is 16.5. The van der Waals surface area contributed by atoms with Crippen LogP contribution < -0.4 is 9.64 Å². The van der Waals surface area contributed by atoms with E-state index in [0.29, 0.717) is 6.54 Å². The average Bonchev–Trinajstić information content (AvgIpc) is 2.69. The van der Waals surface area contributed by atoms with Crippen molar-refractivity contribution in [2.75, 3.05) is 77.5 Å². The molecule has 0 spiro atoms. The lowest BCUT2D eigenvalue weighted by Gasteiger charge is -2.38. The first kappa shape index (κ1) is 18.0. The second-order valence-electron chi connectivity index (χ2n) is 6.78. The molecule has 0 bridgehead atoms. The first-order valence-electron chi connectivity index (χ1n) is 9.31. The Morgan fingerprint density at radius 3 is 2.08 bits per heavy atom. The average molecular weight is 346 g/mol. The van der Waals surface area contributed by atoms with Crippen LogP contribution in [0.4, 0.5) is 5.69 Å². The number of carbonyl (C=O) groups is 1. The van der Waals surface area contributed by atoms with Gasteiger partial charge >= 0.3 is 0 Å². The van der Waals surface area contributed by atoms with Crippen LogP contribution in [0.25, 0.3) is 0 Å². The first-order chi connectivity index (χ1) is 12.2. The molecule has 0 aromatic heterocycles. The van der Waals surface area contributed by atoms with Crippen LogP contribution in [0.15, 0.2) is 24.3 Å². The Labute approximate surface area is 150 Å². The number of hydrogen-bond acceptors (Lipinski definition) is 5. The van der Waals surface area contributed by atoms with Crippen LogP contribution in [0.1, 0.15) is 6.92 Å². The molecule has 3 rings (SSSR count). The van der Waals surface area contributed by atoms with E-state index < -0.39 is 0 Å². The third-order valence-corrected chi connectivity index (χ3v) is 5.34. The molecule has 2 aliphatic heterocycles. The number of hydrogen-bond donors (Lipinski definition) is 0. The second kappa shape index (κ2) is 8.54. The number of likely N-dealkylation sites (N-methyl/N-ethyl adjacent to an activating group) is 1. The number of nitrogens with zero attached hydrogens (tertiary/aromatic N) is 4. The topological polar surface area (TPSA) is 39.3 Å². The van der Waals surface area contributed by atoms with Gasteiger partial charge in [-0.1, -0.05) is 6.92 Å². The van der Waals surface area contributed by atoms with Crippen LogP contribution in [0.3, 0.4) is 0 Å². The maximum Gasteiger partial charge on any atom is 0.236 e. The lowest BCUT2D eigenvalue weighted by atomic mass is 10.2. The minimum absolute atomic E-state index is 0.277. The van der Waals surface area contributed by atoms with E-state index in [0.717, 1.165) is 64.7 Å². The Kier molecular flexibility index (Phi) is 6.15. The molecule has 25 heavy (non-hydrogen) atoms. The SMILES string of the molecule is CCN1CCN(CC(=O)N2CCN(c3ccc(OC)cc3)CC2)CC1. The molecule has 0 radical (unpaired) electrons. The van der Waals surface area contributed by atoms with Crippen molar-refractivity contribution in [3.05, 3.63) is 24.3 Å². The molecular formula is C19H30N4O2. The fourth-order valence-corrected chi connectivity index (χ4v) is 3.56. The summed E-state index contributed by atoms with van der Waals surface area (Å²) in [5.41, 5.74) is 1.20. The molecule has 138 valence electrons. The van der Waals surface area contributed by atoms with Gasteiger partial charge < -0.3 is 19.4 Å². The van der Waals surface area contributed by atoms with E-state index in [2.05, 4.69) is 33.8 Å². The molecule has 2 heterocycles. The summed E-state index contributed by atoms with van der Waals surface area (Å²) < 4.78 is 5.21. The van der Waals surface area contributed by atoms with Gasteiger partial charge in [-0.3, -0.25) is 9.69 Å². The molecule has 0 unspecified atom stereocenters.